The van der Waals surface area contributed by atoms with Gasteiger partial charge in [0.1, 0.15) is 11.2 Å². The first kappa shape index (κ1) is 27.9. The topological polar surface area (TPSA) is 16.4 Å². The van der Waals surface area contributed by atoms with Gasteiger partial charge < -0.3 is 9.32 Å². The number of hydrogen-bond donors (Lipinski definition) is 0. The quantitative estimate of drug-likeness (QED) is 0.185. The predicted octanol–water partition coefficient (Wildman–Crippen LogP) is 13.2. The number of benzene rings is 8. The maximum absolute atomic E-state index is 6.60. The molecular weight excluding hydrogens is 583 g/mol. The third-order valence-electron chi connectivity index (χ3n) is 9.25. The van der Waals surface area contributed by atoms with E-state index in [1.165, 1.54) is 38.4 Å². The van der Waals surface area contributed by atoms with Gasteiger partial charge in [-0.15, -0.1) is 0 Å². The third kappa shape index (κ3) is 4.92. The Bertz CT molecular complexity index is 2530. The van der Waals surface area contributed by atoms with Gasteiger partial charge in [-0.1, -0.05) is 133 Å². The van der Waals surface area contributed by atoms with Gasteiger partial charge in [0.05, 0.1) is 0 Å². The van der Waals surface area contributed by atoms with Gasteiger partial charge in [-0.2, -0.15) is 0 Å². The summed E-state index contributed by atoms with van der Waals surface area (Å²) in [6.45, 7) is 0. The van der Waals surface area contributed by atoms with E-state index >= 15 is 0 Å². The molecule has 48 heavy (non-hydrogen) atoms. The molecule has 1 heterocycles. The van der Waals surface area contributed by atoms with E-state index in [4.69, 9.17) is 4.42 Å². The van der Waals surface area contributed by atoms with Crippen LogP contribution in [0.1, 0.15) is 0 Å². The molecule has 0 atom stereocenters. The van der Waals surface area contributed by atoms with Gasteiger partial charge in [-0.05, 0) is 98.8 Å². The molecule has 0 fully saturated rings. The second-order valence-electron chi connectivity index (χ2n) is 12.2. The smallest absolute Gasteiger partial charge is 0.136 e. The van der Waals surface area contributed by atoms with Crippen LogP contribution in [-0.2, 0) is 0 Å². The van der Waals surface area contributed by atoms with E-state index in [0.29, 0.717) is 0 Å². The van der Waals surface area contributed by atoms with Crippen LogP contribution in [0.15, 0.2) is 192 Å². The van der Waals surface area contributed by atoms with Crippen LogP contribution in [0.4, 0.5) is 17.1 Å². The summed E-state index contributed by atoms with van der Waals surface area (Å²) in [6.07, 6.45) is 0. The van der Waals surface area contributed by atoms with Crippen LogP contribution in [0.3, 0.4) is 0 Å². The number of nitrogens with zero attached hydrogens (tertiary/aromatic N) is 1. The highest BCUT2D eigenvalue weighted by molar-refractivity contribution is 6.22. The average Bonchev–Trinajstić information content (AvgIpc) is 3.54. The highest BCUT2D eigenvalue weighted by Crippen LogP contribution is 2.42. The van der Waals surface area contributed by atoms with E-state index in [1.807, 2.05) is 0 Å². The van der Waals surface area contributed by atoms with Crippen molar-refractivity contribution in [2.45, 2.75) is 0 Å². The first-order valence-corrected chi connectivity index (χ1v) is 16.3. The highest BCUT2D eigenvalue weighted by atomic mass is 16.3. The monoisotopic (exact) mass is 613 g/mol. The summed E-state index contributed by atoms with van der Waals surface area (Å²) in [5, 5.41) is 4.74. The largest absolute Gasteiger partial charge is 0.456 e. The lowest BCUT2D eigenvalue weighted by Crippen LogP contribution is -2.09. The van der Waals surface area contributed by atoms with Gasteiger partial charge in [-0.3, -0.25) is 0 Å². The minimum atomic E-state index is 0.894. The van der Waals surface area contributed by atoms with Gasteiger partial charge >= 0.3 is 0 Å². The SMILES string of the molecule is c1ccc(-c2cccc(N(c3ccccc3)c3ccc(-c4ccc5c(c4)oc4cc(-c6ccccc6)c6ccccc6c45)cc3)c2)cc1. The Balaban J connectivity index is 1.11. The van der Waals surface area contributed by atoms with Gasteiger partial charge in [0.15, 0.2) is 0 Å². The lowest BCUT2D eigenvalue weighted by atomic mass is 9.94. The minimum Gasteiger partial charge on any atom is -0.456 e. The first-order chi connectivity index (χ1) is 23.8. The van der Waals surface area contributed by atoms with Crippen LogP contribution < -0.4 is 4.90 Å². The number of rotatable bonds is 6. The fraction of sp³-hybridized carbons (Fsp3) is 0. The molecule has 0 N–H and O–H groups in total. The zero-order valence-corrected chi connectivity index (χ0v) is 26.3. The molecule has 0 radical (unpaired) electrons. The molecule has 9 rings (SSSR count). The Morgan fingerprint density at radius 2 is 0.854 bits per heavy atom. The van der Waals surface area contributed by atoms with Gasteiger partial charge in [0.25, 0.3) is 0 Å². The normalized spacial score (nSPS) is 11.3. The standard InChI is InChI=1S/C46H31NO/c1-4-13-32(14-5-1)35-17-12-20-39(29-35)47(37-18-8-3-9-19-37)38-26-23-33(24-27-38)36-25-28-42-44(30-36)48-45-31-43(34-15-6-2-7-16-34)40-21-10-11-22-41(40)46(42)45/h1-31H. The van der Waals surface area contributed by atoms with E-state index in [1.54, 1.807) is 0 Å². The van der Waals surface area contributed by atoms with E-state index in [0.717, 1.165) is 44.7 Å². The van der Waals surface area contributed by atoms with Crippen LogP contribution in [0.2, 0.25) is 0 Å². The van der Waals surface area contributed by atoms with E-state index in [-0.39, 0.29) is 0 Å². The van der Waals surface area contributed by atoms with E-state index < -0.39 is 0 Å². The Morgan fingerprint density at radius 3 is 1.60 bits per heavy atom. The lowest BCUT2D eigenvalue weighted by Gasteiger charge is -2.26. The first-order valence-electron chi connectivity index (χ1n) is 16.3. The summed E-state index contributed by atoms with van der Waals surface area (Å²) in [6, 6.07) is 66.7. The summed E-state index contributed by atoms with van der Waals surface area (Å²) in [7, 11) is 0. The van der Waals surface area contributed by atoms with Crippen molar-refractivity contribution in [1.29, 1.82) is 0 Å². The maximum Gasteiger partial charge on any atom is 0.136 e. The molecule has 0 aliphatic rings. The maximum atomic E-state index is 6.60. The highest BCUT2D eigenvalue weighted by Gasteiger charge is 2.17. The van der Waals surface area contributed by atoms with E-state index in [2.05, 4.69) is 193 Å². The number of anilines is 3. The molecule has 0 unspecified atom stereocenters. The second-order valence-corrected chi connectivity index (χ2v) is 12.2. The summed E-state index contributed by atoms with van der Waals surface area (Å²) in [5.41, 5.74) is 12.2. The zero-order chi connectivity index (χ0) is 31.9. The van der Waals surface area contributed by atoms with Crippen LogP contribution in [0.25, 0.3) is 66.1 Å². The van der Waals surface area contributed by atoms with Crippen molar-refractivity contribution in [3.8, 4) is 33.4 Å². The molecule has 0 saturated heterocycles. The van der Waals surface area contributed by atoms with Crippen molar-refractivity contribution >= 4 is 49.8 Å². The summed E-state index contributed by atoms with van der Waals surface area (Å²) >= 11 is 0. The molecule has 226 valence electrons. The Kier molecular flexibility index (Phi) is 6.84. The Hall–Kier alpha value is -6.38. The van der Waals surface area contributed by atoms with Gasteiger partial charge in [0.2, 0.25) is 0 Å². The minimum absolute atomic E-state index is 0.894. The average molecular weight is 614 g/mol. The lowest BCUT2D eigenvalue weighted by molar-refractivity contribution is 0.669. The predicted molar refractivity (Wildman–Crippen MR) is 202 cm³/mol. The van der Waals surface area contributed by atoms with Gasteiger partial charge in [-0.25, -0.2) is 0 Å². The van der Waals surface area contributed by atoms with Crippen LogP contribution in [0.5, 0.6) is 0 Å². The third-order valence-corrected chi connectivity index (χ3v) is 9.25. The van der Waals surface area contributed by atoms with Crippen LogP contribution >= 0.6 is 0 Å². The zero-order valence-electron chi connectivity index (χ0n) is 26.3. The molecule has 2 nitrogen and oxygen atoms in total. The molecule has 0 aliphatic carbocycles. The molecule has 9 aromatic rings. The number of para-hydroxylation sites is 1. The molecule has 0 saturated carbocycles. The van der Waals surface area contributed by atoms with E-state index in [9.17, 15) is 0 Å². The summed E-state index contributed by atoms with van der Waals surface area (Å²) in [5.74, 6) is 0. The number of fused-ring (bicyclic) bond motifs is 5. The Labute approximate surface area is 279 Å². The Morgan fingerprint density at radius 1 is 0.312 bits per heavy atom. The molecule has 0 spiro atoms. The van der Waals surface area contributed by atoms with Crippen molar-refractivity contribution in [3.63, 3.8) is 0 Å². The van der Waals surface area contributed by atoms with Crippen LogP contribution in [0, 0.1) is 0 Å². The van der Waals surface area contributed by atoms with Gasteiger partial charge in [0, 0.05) is 27.8 Å². The molecule has 0 bridgehead atoms. The van der Waals surface area contributed by atoms with Crippen LogP contribution in [-0.4, -0.2) is 0 Å². The van der Waals surface area contributed by atoms with Crippen molar-refractivity contribution in [3.05, 3.63) is 188 Å². The molecule has 0 aliphatic heterocycles. The molecule has 2 heteroatoms. The molecule has 8 aromatic carbocycles. The number of furan rings is 1. The van der Waals surface area contributed by atoms with Crippen molar-refractivity contribution in [2.24, 2.45) is 0 Å². The molecular formula is C46H31NO. The summed E-state index contributed by atoms with van der Waals surface area (Å²) in [4.78, 5) is 2.31. The van der Waals surface area contributed by atoms with Crippen molar-refractivity contribution in [1.82, 2.24) is 0 Å². The van der Waals surface area contributed by atoms with Crippen molar-refractivity contribution < 1.29 is 4.42 Å². The second kappa shape index (κ2) is 11.8. The number of hydrogen-bond acceptors (Lipinski definition) is 2. The fourth-order valence-corrected chi connectivity index (χ4v) is 6.96. The fourth-order valence-electron chi connectivity index (χ4n) is 6.96. The molecule has 0 amide bonds. The summed E-state index contributed by atoms with van der Waals surface area (Å²) < 4.78 is 6.60. The molecule has 1 aromatic heterocycles. The van der Waals surface area contributed by atoms with Crippen molar-refractivity contribution in [2.75, 3.05) is 4.90 Å².